The van der Waals surface area contributed by atoms with Gasteiger partial charge in [0.1, 0.15) is 49.3 Å². The number of piperazine rings is 1. The predicted octanol–water partition coefficient (Wildman–Crippen LogP) is 5.12. The van der Waals surface area contributed by atoms with Crippen molar-refractivity contribution in [2.24, 2.45) is 5.92 Å². The maximum atomic E-state index is 15.5. The highest BCUT2D eigenvalue weighted by molar-refractivity contribution is 6.35. The number of tetrazole rings is 1. The summed E-state index contributed by atoms with van der Waals surface area (Å²) in [5.41, 5.74) is 1.35. The van der Waals surface area contributed by atoms with Crippen LogP contribution in [0.4, 0.5) is 15.9 Å². The van der Waals surface area contributed by atoms with Crippen molar-refractivity contribution in [2.75, 3.05) is 49.2 Å². The van der Waals surface area contributed by atoms with Gasteiger partial charge in [-0.3, -0.25) is 0 Å². The van der Waals surface area contributed by atoms with Gasteiger partial charge in [0.05, 0.1) is 29.2 Å². The van der Waals surface area contributed by atoms with Gasteiger partial charge < -0.3 is 24.0 Å². The number of hydrogen-bond donors (Lipinski definition) is 0. The summed E-state index contributed by atoms with van der Waals surface area (Å²) in [6.07, 6.45) is 10.1. The first kappa shape index (κ1) is 35.5. The molecular weight excluding hydrogens is 726 g/mol. The molecule has 2 aliphatic heterocycles. The molecule has 2 saturated heterocycles. The van der Waals surface area contributed by atoms with Gasteiger partial charge in [0.15, 0.2) is 0 Å². The molecule has 1 saturated carbocycles. The fraction of sp³-hybridized carbons (Fsp3) is 0.444. The summed E-state index contributed by atoms with van der Waals surface area (Å²) in [5.74, 6) is 0.243. The third kappa shape index (κ3) is 7.74. The molecule has 3 aromatic heterocycles. The quantitative estimate of drug-likeness (QED) is 0.178. The molecule has 5 heterocycles. The van der Waals surface area contributed by atoms with Gasteiger partial charge in [-0.25, -0.2) is 28.1 Å². The lowest BCUT2D eigenvalue weighted by Crippen LogP contribution is -2.47. The molecule has 2 aromatic carbocycles. The van der Waals surface area contributed by atoms with Crippen LogP contribution in [0.25, 0.3) is 5.69 Å². The largest absolute Gasteiger partial charge is 0.489 e. The molecule has 3 aliphatic rings. The van der Waals surface area contributed by atoms with Gasteiger partial charge in [0, 0.05) is 49.4 Å². The van der Waals surface area contributed by atoms with Crippen molar-refractivity contribution in [3.63, 3.8) is 0 Å². The molecule has 0 radical (unpaired) electrons. The van der Waals surface area contributed by atoms with E-state index in [-0.39, 0.29) is 31.3 Å². The Hall–Kier alpha value is -4.57. The van der Waals surface area contributed by atoms with Crippen molar-refractivity contribution in [3.8, 4) is 11.4 Å². The number of halogens is 3. The second-order valence-corrected chi connectivity index (χ2v) is 14.5. The van der Waals surface area contributed by atoms with Crippen molar-refractivity contribution in [3.05, 3.63) is 99.3 Å². The first-order valence-corrected chi connectivity index (χ1v) is 18.6. The zero-order chi connectivity index (χ0) is 36.4. The molecule has 278 valence electrons. The zero-order valence-corrected chi connectivity index (χ0v) is 30.4. The molecule has 0 amide bonds. The van der Waals surface area contributed by atoms with Gasteiger partial charge in [0.2, 0.25) is 5.79 Å². The Labute approximate surface area is 315 Å². The van der Waals surface area contributed by atoms with Crippen molar-refractivity contribution < 1.29 is 18.6 Å². The van der Waals surface area contributed by atoms with Gasteiger partial charge in [-0.1, -0.05) is 48.5 Å². The Morgan fingerprint density at radius 3 is 2.53 bits per heavy atom. The Morgan fingerprint density at radius 2 is 1.79 bits per heavy atom. The number of pyridine rings is 1. The smallest absolute Gasteiger partial charge is 0.350 e. The number of aromatic nitrogens is 8. The van der Waals surface area contributed by atoms with Gasteiger partial charge in [-0.15, -0.1) is 5.10 Å². The van der Waals surface area contributed by atoms with E-state index in [1.165, 1.54) is 51.9 Å². The molecule has 53 heavy (non-hydrogen) atoms. The number of nitrogens with zero attached hydrogens (tertiary/aromatic N) is 10. The number of ether oxygens (including phenoxy) is 3. The minimum Gasteiger partial charge on any atom is -0.489 e. The minimum absolute atomic E-state index is 0.174. The third-order valence-electron chi connectivity index (χ3n) is 10.2. The second kappa shape index (κ2) is 15.4. The number of rotatable bonds is 11. The minimum atomic E-state index is -1.24. The fourth-order valence-electron chi connectivity index (χ4n) is 7.39. The first-order chi connectivity index (χ1) is 25.8. The Bertz CT molecular complexity index is 2070. The Kier molecular flexibility index (Phi) is 10.3. The summed E-state index contributed by atoms with van der Waals surface area (Å²) in [4.78, 5) is 21.9. The lowest BCUT2D eigenvalue weighted by molar-refractivity contribution is -0.190. The van der Waals surface area contributed by atoms with E-state index in [0.29, 0.717) is 71.4 Å². The van der Waals surface area contributed by atoms with E-state index in [9.17, 15) is 4.79 Å². The SMILES string of the molecule is O=c1n(-c2ccc(N3CCN(c4ccc(OC[C@@H]5CO[C@@](Cn6cnnn6)(c6ccc(Cl)cc6Cl)O5)cn4)CC3)c(F)c2)cnn1CC1CCCCC1. The lowest BCUT2D eigenvalue weighted by Gasteiger charge is -2.36. The number of anilines is 2. The zero-order valence-electron chi connectivity index (χ0n) is 28.9. The third-order valence-corrected chi connectivity index (χ3v) is 10.7. The number of benzene rings is 2. The van der Waals surface area contributed by atoms with Crippen LogP contribution in [0, 0.1) is 11.7 Å². The standard InChI is InChI=1S/C36H39Cl2FN10O4/c37-26-6-9-30(31(38)16-26)36(22-47-23-41-43-44-47)52-21-29(53-36)20-51-28-8-11-34(40-18-28)46-14-12-45(13-15-46)33-10-7-27(17-32(33)39)48-24-42-49(35(48)50)19-25-4-2-1-3-5-25/h6-11,16-18,23-25,29H,1-5,12-15,19-22H2/t29-,36-/m1/s1. The molecule has 8 rings (SSSR count). The summed E-state index contributed by atoms with van der Waals surface area (Å²) in [6.45, 7) is 3.79. The summed E-state index contributed by atoms with van der Waals surface area (Å²) in [7, 11) is 0. The Morgan fingerprint density at radius 1 is 0.962 bits per heavy atom. The first-order valence-electron chi connectivity index (χ1n) is 17.8. The average Bonchev–Trinajstić information content (AvgIpc) is 3.93. The van der Waals surface area contributed by atoms with E-state index in [1.54, 1.807) is 36.5 Å². The van der Waals surface area contributed by atoms with Crippen LogP contribution in [0.1, 0.15) is 37.7 Å². The molecule has 0 spiro atoms. The highest BCUT2D eigenvalue weighted by Gasteiger charge is 2.46. The van der Waals surface area contributed by atoms with Crippen LogP contribution in [-0.4, -0.2) is 85.0 Å². The van der Waals surface area contributed by atoms with Crippen LogP contribution in [0.5, 0.6) is 5.75 Å². The molecule has 2 atom stereocenters. The molecule has 17 heteroatoms. The van der Waals surface area contributed by atoms with E-state index < -0.39 is 11.9 Å². The molecule has 1 aliphatic carbocycles. The van der Waals surface area contributed by atoms with E-state index in [4.69, 9.17) is 37.4 Å². The molecule has 0 bridgehead atoms. The van der Waals surface area contributed by atoms with E-state index in [2.05, 4.69) is 30.5 Å². The Balaban J connectivity index is 0.847. The molecular formula is C36H39Cl2FN10O4. The molecule has 0 unspecified atom stereocenters. The van der Waals surface area contributed by atoms with Crippen molar-refractivity contribution in [1.29, 1.82) is 0 Å². The highest BCUT2D eigenvalue weighted by atomic mass is 35.5. The maximum absolute atomic E-state index is 15.5. The van der Waals surface area contributed by atoms with Gasteiger partial charge >= 0.3 is 5.69 Å². The monoisotopic (exact) mass is 764 g/mol. The summed E-state index contributed by atoms with van der Waals surface area (Å²) in [5, 5.41) is 16.6. The van der Waals surface area contributed by atoms with Gasteiger partial charge in [-0.2, -0.15) is 5.10 Å². The van der Waals surface area contributed by atoms with Crippen LogP contribution in [0.3, 0.4) is 0 Å². The topological polar surface area (TPSA) is 130 Å². The van der Waals surface area contributed by atoms with Crippen LogP contribution < -0.4 is 20.2 Å². The van der Waals surface area contributed by atoms with E-state index >= 15 is 4.39 Å². The van der Waals surface area contributed by atoms with Crippen LogP contribution in [0.15, 0.2) is 72.2 Å². The molecule has 0 N–H and O–H groups in total. The predicted molar refractivity (Wildman–Crippen MR) is 195 cm³/mol. The average molecular weight is 766 g/mol. The van der Waals surface area contributed by atoms with Gasteiger partial charge in [0.25, 0.3) is 0 Å². The molecule has 5 aromatic rings. The van der Waals surface area contributed by atoms with Crippen molar-refractivity contribution >= 4 is 34.7 Å². The lowest BCUT2D eigenvalue weighted by atomic mass is 9.89. The van der Waals surface area contributed by atoms with Crippen molar-refractivity contribution in [2.45, 2.75) is 57.1 Å². The normalized spacial score (nSPS) is 21.0. The number of hydrogen-bond acceptors (Lipinski definition) is 11. The van der Waals surface area contributed by atoms with E-state index in [0.717, 1.165) is 18.7 Å². The summed E-state index contributed by atoms with van der Waals surface area (Å²) < 4.78 is 38.6. The molecule has 3 fully saturated rings. The van der Waals surface area contributed by atoms with Crippen LogP contribution in [-0.2, 0) is 28.4 Å². The summed E-state index contributed by atoms with van der Waals surface area (Å²) >= 11 is 12.7. The highest BCUT2D eigenvalue weighted by Crippen LogP contribution is 2.40. The second-order valence-electron chi connectivity index (χ2n) is 13.7. The fourth-order valence-corrected chi connectivity index (χ4v) is 7.94. The summed E-state index contributed by atoms with van der Waals surface area (Å²) in [6, 6.07) is 13.9. The van der Waals surface area contributed by atoms with Crippen LogP contribution in [0.2, 0.25) is 10.0 Å². The van der Waals surface area contributed by atoms with E-state index in [1.807, 2.05) is 17.0 Å². The maximum Gasteiger partial charge on any atom is 0.350 e. The molecule has 14 nitrogen and oxygen atoms in total. The van der Waals surface area contributed by atoms with Gasteiger partial charge in [-0.05, 0) is 65.6 Å². The van der Waals surface area contributed by atoms with Crippen molar-refractivity contribution in [1.82, 2.24) is 39.5 Å². The van der Waals surface area contributed by atoms with Crippen LogP contribution >= 0.6 is 23.2 Å².